The highest BCUT2D eigenvalue weighted by Gasteiger charge is 2.33. The lowest BCUT2D eigenvalue weighted by Crippen LogP contribution is -2.36. The van der Waals surface area contributed by atoms with E-state index in [9.17, 15) is 19.0 Å². The number of hydrogen-bond acceptors (Lipinski definition) is 10. The maximum atomic E-state index is 12.6. The second-order valence-electron chi connectivity index (χ2n) is 11.1. The van der Waals surface area contributed by atoms with Gasteiger partial charge in [0.1, 0.15) is 12.4 Å². The van der Waals surface area contributed by atoms with Gasteiger partial charge in [0, 0.05) is 19.6 Å². The first-order valence-electron chi connectivity index (χ1n) is 13.0. The van der Waals surface area contributed by atoms with Crippen LogP contribution in [0.4, 0.5) is 5.82 Å². The number of nitrogens with zero attached hydrogens (tertiary/aromatic N) is 5. The minimum absolute atomic E-state index is 0.119. The number of fused-ring (bicyclic) bond motifs is 1. The van der Waals surface area contributed by atoms with Crippen LogP contribution in [-0.2, 0) is 28.2 Å². The molecule has 13 nitrogen and oxygen atoms in total. The molecule has 0 aromatic carbocycles. The van der Waals surface area contributed by atoms with E-state index in [1.54, 1.807) is 27.1 Å². The number of aromatic nitrogens is 4. The molecule has 2 aromatic heterocycles. The van der Waals surface area contributed by atoms with E-state index in [1.165, 1.54) is 24.8 Å². The van der Waals surface area contributed by atoms with Crippen molar-refractivity contribution in [1.82, 2.24) is 24.4 Å². The number of hydrogen-bond donors (Lipinski definition) is 2. The molecule has 0 bridgehead atoms. The van der Waals surface area contributed by atoms with Gasteiger partial charge in [0.05, 0.1) is 17.8 Å². The van der Waals surface area contributed by atoms with Crippen LogP contribution in [0, 0.1) is 5.41 Å². The molecule has 0 spiro atoms. The first kappa shape index (κ1) is 29.7. The number of ether oxygens (including phenoxy) is 2. The summed E-state index contributed by atoms with van der Waals surface area (Å²) in [4.78, 5) is 49.0. The predicted molar refractivity (Wildman–Crippen MR) is 143 cm³/mol. The monoisotopic (exact) mass is 586 g/mol. The average molecular weight is 587 g/mol. The van der Waals surface area contributed by atoms with Gasteiger partial charge in [-0.15, -0.1) is 0 Å². The summed E-state index contributed by atoms with van der Waals surface area (Å²) in [6, 6.07) is 0.336. The lowest BCUT2D eigenvalue weighted by Gasteiger charge is -2.23. The summed E-state index contributed by atoms with van der Waals surface area (Å²) in [6.07, 6.45) is 6.07. The van der Waals surface area contributed by atoms with Crippen molar-refractivity contribution in [3.63, 3.8) is 0 Å². The molecular formula is C24H36ClN6O7P. The second-order valence-corrected chi connectivity index (χ2v) is 13.3. The Bertz CT molecular complexity index is 1250. The van der Waals surface area contributed by atoms with Crippen molar-refractivity contribution in [3.05, 3.63) is 11.6 Å². The van der Waals surface area contributed by atoms with Crippen LogP contribution in [0.3, 0.4) is 0 Å². The highest BCUT2D eigenvalue weighted by atomic mass is 35.5. The fourth-order valence-electron chi connectivity index (χ4n) is 4.61. The molecule has 1 amide bonds. The van der Waals surface area contributed by atoms with Gasteiger partial charge in [0.2, 0.25) is 18.0 Å². The molecule has 0 radical (unpaired) electrons. The topological polar surface area (TPSA) is 158 Å². The summed E-state index contributed by atoms with van der Waals surface area (Å²) in [5.41, 5.74) is 0.406. The number of carbonyl (C=O) groups excluding carboxylic acids is 2. The molecule has 2 aromatic rings. The van der Waals surface area contributed by atoms with E-state index < -0.39 is 37.8 Å². The van der Waals surface area contributed by atoms with E-state index >= 15 is 0 Å². The molecular weight excluding hydrogens is 551 g/mol. The quantitative estimate of drug-likeness (QED) is 0.181. The van der Waals surface area contributed by atoms with Crippen molar-refractivity contribution >= 4 is 48.1 Å². The van der Waals surface area contributed by atoms with E-state index in [0.29, 0.717) is 35.9 Å². The van der Waals surface area contributed by atoms with Crippen LogP contribution in [0.1, 0.15) is 65.5 Å². The third-order valence-electron chi connectivity index (χ3n) is 6.78. The maximum Gasteiger partial charge on any atom is 0.340 e. The number of carbonyl (C=O) groups is 2. The minimum atomic E-state index is -4.31. The van der Waals surface area contributed by atoms with Crippen molar-refractivity contribution in [2.75, 3.05) is 31.9 Å². The first-order chi connectivity index (χ1) is 18.3. The van der Waals surface area contributed by atoms with Gasteiger partial charge in [-0.25, -0.2) is 4.98 Å². The van der Waals surface area contributed by atoms with Gasteiger partial charge in [0.15, 0.2) is 17.0 Å². The van der Waals surface area contributed by atoms with Gasteiger partial charge in [-0.05, 0) is 58.1 Å². The molecule has 3 heterocycles. The third-order valence-corrected chi connectivity index (χ3v) is 8.13. The summed E-state index contributed by atoms with van der Waals surface area (Å²) in [5.74, 6) is -0.566. The summed E-state index contributed by atoms with van der Waals surface area (Å²) >= 11 is 6.23. The Morgan fingerprint density at radius 2 is 1.97 bits per heavy atom. The third kappa shape index (κ3) is 7.67. The van der Waals surface area contributed by atoms with Crippen LogP contribution < -0.4 is 5.32 Å². The Morgan fingerprint density at radius 1 is 1.26 bits per heavy atom. The second kappa shape index (κ2) is 12.1. The SMILES string of the molecule is CN(C[C@@H]1CC[C@H](n2cnc3c(NC4CCCC4)nc(Cl)nc32)O1)C(=O)CP(=O)(O)OCOC(=O)C(C)(C)C. The first-order valence-corrected chi connectivity index (χ1v) is 15.2. The van der Waals surface area contributed by atoms with Crippen LogP contribution in [0.15, 0.2) is 6.33 Å². The largest absolute Gasteiger partial charge is 0.438 e. The smallest absolute Gasteiger partial charge is 0.340 e. The van der Waals surface area contributed by atoms with Gasteiger partial charge < -0.3 is 24.6 Å². The van der Waals surface area contributed by atoms with Gasteiger partial charge >= 0.3 is 13.6 Å². The number of likely N-dealkylation sites (N-methyl/N-ethyl adjacent to an activating group) is 1. The molecule has 1 aliphatic heterocycles. The molecule has 2 aliphatic rings. The number of esters is 1. The normalized spacial score (nSPS) is 21.7. The zero-order chi connectivity index (χ0) is 28.4. The van der Waals surface area contributed by atoms with Crippen LogP contribution >= 0.6 is 19.2 Å². The minimum Gasteiger partial charge on any atom is -0.438 e. The number of imidazole rings is 1. The standard InChI is InChI=1S/C24H36ClN6O7P/c1-24(2,3)22(33)36-14-37-39(34,35)12-17(32)30(4)11-16-9-10-18(38-16)31-13-26-19-20(27-15-7-5-6-8-15)28-23(25)29-21(19)31/h13,15-16,18H,5-12,14H2,1-4H3,(H,34,35)(H,27,28,29)/t16-,18+/m0/s1. The van der Waals surface area contributed by atoms with Crippen LogP contribution in [0.5, 0.6) is 0 Å². The fraction of sp³-hybridized carbons (Fsp3) is 0.708. The lowest BCUT2D eigenvalue weighted by atomic mass is 9.98. The zero-order valence-electron chi connectivity index (χ0n) is 22.6. The molecule has 1 saturated heterocycles. The van der Waals surface area contributed by atoms with Crippen molar-refractivity contribution in [1.29, 1.82) is 0 Å². The number of rotatable bonds is 10. The molecule has 39 heavy (non-hydrogen) atoms. The Labute approximate surface area is 232 Å². The number of amides is 1. The van der Waals surface area contributed by atoms with Crippen molar-refractivity contribution in [3.8, 4) is 0 Å². The Balaban J connectivity index is 1.31. The molecule has 2 fully saturated rings. The summed E-state index contributed by atoms with van der Waals surface area (Å²) < 4.78 is 30.0. The van der Waals surface area contributed by atoms with Crippen molar-refractivity contribution in [2.24, 2.45) is 5.41 Å². The lowest BCUT2D eigenvalue weighted by molar-refractivity contribution is -0.159. The number of nitrogens with one attached hydrogen (secondary N) is 1. The zero-order valence-corrected chi connectivity index (χ0v) is 24.3. The van der Waals surface area contributed by atoms with E-state index in [1.807, 2.05) is 4.57 Å². The van der Waals surface area contributed by atoms with Gasteiger partial charge in [-0.2, -0.15) is 9.97 Å². The number of anilines is 1. The van der Waals surface area contributed by atoms with E-state index in [0.717, 1.165) is 12.8 Å². The molecule has 15 heteroatoms. The van der Waals surface area contributed by atoms with Crippen molar-refractivity contribution in [2.45, 2.75) is 77.7 Å². The molecule has 2 N–H and O–H groups in total. The van der Waals surface area contributed by atoms with Gasteiger partial charge in [0.25, 0.3) is 0 Å². The Morgan fingerprint density at radius 3 is 2.67 bits per heavy atom. The molecule has 1 saturated carbocycles. The van der Waals surface area contributed by atoms with E-state index in [-0.39, 0.29) is 24.2 Å². The average Bonchev–Trinajstić information content (AvgIpc) is 3.59. The van der Waals surface area contributed by atoms with Crippen molar-refractivity contribution < 1.29 is 33.0 Å². The molecule has 3 atom stereocenters. The van der Waals surface area contributed by atoms with E-state index in [4.69, 9.17) is 25.6 Å². The fourth-order valence-corrected chi connectivity index (χ4v) is 5.67. The summed E-state index contributed by atoms with van der Waals surface area (Å²) in [6.45, 7) is 4.44. The van der Waals surface area contributed by atoms with Crippen LogP contribution in [-0.4, -0.2) is 79.9 Å². The summed E-state index contributed by atoms with van der Waals surface area (Å²) in [5, 5.41) is 3.56. The van der Waals surface area contributed by atoms with Gasteiger partial charge in [-0.1, -0.05) is 12.8 Å². The Hall–Kier alpha value is -2.31. The van der Waals surface area contributed by atoms with Gasteiger partial charge in [-0.3, -0.25) is 23.2 Å². The van der Waals surface area contributed by atoms with E-state index in [2.05, 4.69) is 20.3 Å². The molecule has 1 aliphatic carbocycles. The van der Waals surface area contributed by atoms with Crippen LogP contribution in [0.25, 0.3) is 11.2 Å². The predicted octanol–water partition coefficient (Wildman–Crippen LogP) is 3.72. The molecule has 1 unspecified atom stereocenters. The summed E-state index contributed by atoms with van der Waals surface area (Å²) in [7, 11) is -2.78. The maximum absolute atomic E-state index is 12.6. The highest BCUT2D eigenvalue weighted by Crippen LogP contribution is 2.42. The Kier molecular flexibility index (Phi) is 9.17. The molecule has 4 rings (SSSR count). The highest BCUT2D eigenvalue weighted by molar-refractivity contribution is 7.53. The van der Waals surface area contributed by atoms with Crippen LogP contribution in [0.2, 0.25) is 5.28 Å². The number of halogens is 1. The molecule has 216 valence electrons.